The molecule has 1 rings (SSSR count). The minimum absolute atomic E-state index is 0.0477. The van der Waals surface area contributed by atoms with E-state index in [1.165, 1.54) is 10.9 Å². The maximum atomic E-state index is 10.4. The Morgan fingerprint density at radius 3 is 3.00 bits per heavy atom. The predicted octanol–water partition coefficient (Wildman–Crippen LogP) is 1.48. The fourth-order valence-electron chi connectivity index (χ4n) is 0.928. The van der Waals surface area contributed by atoms with Crippen molar-refractivity contribution >= 4 is 17.4 Å². The van der Waals surface area contributed by atoms with Crippen molar-refractivity contribution in [2.75, 3.05) is 13.2 Å². The number of nitro groups is 1. The topological polar surface area (TPSA) is 70.2 Å². The molecule has 0 N–H and O–H groups in total. The summed E-state index contributed by atoms with van der Waals surface area (Å²) in [4.78, 5) is 9.77. The molecule has 0 aliphatic carbocycles. The van der Waals surface area contributed by atoms with E-state index in [0.717, 1.165) is 0 Å². The maximum absolute atomic E-state index is 10.4. The standard InChI is InChI=1S/C7H10ClN3O3/c1-2-14-4-3-10-5-6(8)7(9-10)11(12)13/h5H,2-4H2,1H3. The van der Waals surface area contributed by atoms with Crippen LogP contribution in [0.3, 0.4) is 0 Å². The van der Waals surface area contributed by atoms with Crippen molar-refractivity contribution in [1.29, 1.82) is 0 Å². The van der Waals surface area contributed by atoms with Gasteiger partial charge in [0.25, 0.3) is 0 Å². The predicted molar refractivity (Wildman–Crippen MR) is 50.4 cm³/mol. The monoisotopic (exact) mass is 219 g/mol. The van der Waals surface area contributed by atoms with Gasteiger partial charge in [0.05, 0.1) is 24.4 Å². The third-order valence-corrected chi connectivity index (χ3v) is 1.81. The van der Waals surface area contributed by atoms with Crippen LogP contribution in [0.5, 0.6) is 0 Å². The molecule has 1 heterocycles. The molecule has 78 valence electrons. The van der Waals surface area contributed by atoms with E-state index in [0.29, 0.717) is 19.8 Å². The lowest BCUT2D eigenvalue weighted by molar-refractivity contribution is -0.389. The van der Waals surface area contributed by atoms with Gasteiger partial charge in [-0.05, 0) is 11.8 Å². The van der Waals surface area contributed by atoms with Crippen molar-refractivity contribution in [3.05, 3.63) is 21.3 Å². The lowest BCUT2D eigenvalue weighted by Gasteiger charge is -1.96. The first-order valence-electron chi connectivity index (χ1n) is 4.10. The zero-order valence-corrected chi connectivity index (χ0v) is 8.40. The molecule has 1 aromatic heterocycles. The molecule has 6 nitrogen and oxygen atoms in total. The highest BCUT2D eigenvalue weighted by Gasteiger charge is 2.18. The average Bonchev–Trinajstić information content (AvgIpc) is 2.47. The second kappa shape index (κ2) is 4.92. The summed E-state index contributed by atoms with van der Waals surface area (Å²) >= 11 is 5.59. The molecule has 0 aliphatic heterocycles. The highest BCUT2D eigenvalue weighted by molar-refractivity contribution is 6.32. The summed E-state index contributed by atoms with van der Waals surface area (Å²) in [5, 5.41) is 14.1. The first kappa shape index (κ1) is 10.9. The van der Waals surface area contributed by atoms with Gasteiger partial charge in [-0.25, -0.2) is 0 Å². The number of hydrogen-bond acceptors (Lipinski definition) is 4. The van der Waals surface area contributed by atoms with Crippen molar-refractivity contribution in [2.45, 2.75) is 13.5 Å². The van der Waals surface area contributed by atoms with Crippen molar-refractivity contribution < 1.29 is 9.66 Å². The third kappa shape index (κ3) is 2.68. The molecule has 0 fully saturated rings. The lowest BCUT2D eigenvalue weighted by atomic mass is 10.6. The molecule has 0 saturated heterocycles. The molecule has 14 heavy (non-hydrogen) atoms. The van der Waals surface area contributed by atoms with Gasteiger partial charge in [-0.2, -0.15) is 4.68 Å². The second-order valence-electron chi connectivity index (χ2n) is 2.52. The van der Waals surface area contributed by atoms with Gasteiger partial charge in [-0.3, -0.25) is 0 Å². The van der Waals surface area contributed by atoms with Crippen LogP contribution >= 0.6 is 11.6 Å². The zero-order chi connectivity index (χ0) is 10.6. The molecule has 0 saturated carbocycles. The molecule has 0 bridgehead atoms. The van der Waals surface area contributed by atoms with Gasteiger partial charge < -0.3 is 14.9 Å². The van der Waals surface area contributed by atoms with Crippen LogP contribution in [0.25, 0.3) is 0 Å². The summed E-state index contributed by atoms with van der Waals surface area (Å²) in [6.07, 6.45) is 1.42. The molecule has 0 unspecified atom stereocenters. The summed E-state index contributed by atoms with van der Waals surface area (Å²) in [7, 11) is 0. The van der Waals surface area contributed by atoms with Crippen LogP contribution in [0.4, 0.5) is 5.82 Å². The molecule has 0 spiro atoms. The Bertz CT molecular complexity index is 326. The van der Waals surface area contributed by atoms with Gasteiger partial charge in [0.1, 0.15) is 0 Å². The van der Waals surface area contributed by atoms with Crippen LogP contribution in [0.2, 0.25) is 5.02 Å². The van der Waals surface area contributed by atoms with Gasteiger partial charge in [0.15, 0.2) is 5.02 Å². The summed E-state index contributed by atoms with van der Waals surface area (Å²) in [6, 6.07) is 0. The van der Waals surface area contributed by atoms with Gasteiger partial charge in [0.2, 0.25) is 0 Å². The lowest BCUT2D eigenvalue weighted by Crippen LogP contribution is -2.06. The Balaban J connectivity index is 2.62. The Morgan fingerprint density at radius 1 is 1.79 bits per heavy atom. The molecule has 0 atom stereocenters. The summed E-state index contributed by atoms with van der Waals surface area (Å²) in [5.74, 6) is -0.317. The van der Waals surface area contributed by atoms with E-state index >= 15 is 0 Å². The Hall–Kier alpha value is -1.14. The minimum atomic E-state index is -0.612. The normalized spacial score (nSPS) is 10.4. The Morgan fingerprint density at radius 2 is 2.50 bits per heavy atom. The zero-order valence-electron chi connectivity index (χ0n) is 7.64. The number of hydrogen-bond donors (Lipinski definition) is 0. The molecular formula is C7H10ClN3O3. The molecule has 0 radical (unpaired) electrons. The van der Waals surface area contributed by atoms with E-state index in [1.54, 1.807) is 0 Å². The highest BCUT2D eigenvalue weighted by atomic mass is 35.5. The van der Waals surface area contributed by atoms with Crippen molar-refractivity contribution in [2.24, 2.45) is 0 Å². The number of aromatic nitrogens is 2. The van der Waals surface area contributed by atoms with Crippen LogP contribution in [0, 0.1) is 10.1 Å². The molecule has 1 aromatic rings. The van der Waals surface area contributed by atoms with Crippen LogP contribution in [-0.4, -0.2) is 27.9 Å². The second-order valence-corrected chi connectivity index (χ2v) is 2.92. The van der Waals surface area contributed by atoms with Crippen molar-refractivity contribution in [3.63, 3.8) is 0 Å². The van der Waals surface area contributed by atoms with E-state index in [9.17, 15) is 10.1 Å². The number of nitrogens with zero attached hydrogens (tertiary/aromatic N) is 3. The van der Waals surface area contributed by atoms with Gasteiger partial charge >= 0.3 is 5.82 Å². The van der Waals surface area contributed by atoms with E-state index in [-0.39, 0.29) is 10.8 Å². The maximum Gasteiger partial charge on any atom is 0.408 e. The summed E-state index contributed by atoms with van der Waals surface area (Å²) in [6.45, 7) is 3.41. The first-order valence-corrected chi connectivity index (χ1v) is 4.48. The van der Waals surface area contributed by atoms with Crippen molar-refractivity contribution in [1.82, 2.24) is 9.78 Å². The first-order chi connectivity index (χ1) is 6.65. The average molecular weight is 220 g/mol. The van der Waals surface area contributed by atoms with Crippen LogP contribution in [0.15, 0.2) is 6.20 Å². The molecule has 0 aliphatic rings. The fraction of sp³-hybridized carbons (Fsp3) is 0.571. The number of halogens is 1. The van der Waals surface area contributed by atoms with Crippen molar-refractivity contribution in [3.8, 4) is 0 Å². The molecule has 7 heteroatoms. The highest BCUT2D eigenvalue weighted by Crippen LogP contribution is 2.20. The SMILES string of the molecule is CCOCCn1cc(Cl)c([N+](=O)[O-])n1. The third-order valence-electron chi connectivity index (χ3n) is 1.54. The van der Waals surface area contributed by atoms with Gasteiger partial charge in [-0.15, -0.1) is 0 Å². The van der Waals surface area contributed by atoms with Crippen LogP contribution in [0.1, 0.15) is 6.92 Å². The fourth-order valence-corrected chi connectivity index (χ4v) is 1.15. The molecule has 0 aromatic carbocycles. The number of rotatable bonds is 5. The van der Waals surface area contributed by atoms with E-state index < -0.39 is 4.92 Å². The quantitative estimate of drug-likeness (QED) is 0.427. The van der Waals surface area contributed by atoms with E-state index in [2.05, 4.69) is 5.10 Å². The summed E-state index contributed by atoms with van der Waals surface area (Å²) < 4.78 is 6.47. The largest absolute Gasteiger partial charge is 0.408 e. The molecular weight excluding hydrogens is 210 g/mol. The van der Waals surface area contributed by atoms with Gasteiger partial charge in [-0.1, -0.05) is 11.6 Å². The van der Waals surface area contributed by atoms with E-state index in [1.807, 2.05) is 6.92 Å². The smallest absolute Gasteiger partial charge is 0.380 e. The minimum Gasteiger partial charge on any atom is -0.380 e. The van der Waals surface area contributed by atoms with E-state index in [4.69, 9.17) is 16.3 Å². The number of ether oxygens (including phenoxy) is 1. The Kier molecular flexibility index (Phi) is 3.84. The van der Waals surface area contributed by atoms with Crippen LogP contribution < -0.4 is 0 Å². The van der Waals surface area contributed by atoms with Gasteiger partial charge in [0, 0.05) is 6.61 Å². The van der Waals surface area contributed by atoms with Crippen LogP contribution in [-0.2, 0) is 11.3 Å². The Labute approximate surface area is 85.6 Å². The summed E-state index contributed by atoms with van der Waals surface area (Å²) in [5.41, 5.74) is 0. The molecule has 0 amide bonds.